The lowest BCUT2D eigenvalue weighted by atomic mass is 9.91. The van der Waals surface area contributed by atoms with Gasteiger partial charge in [-0.2, -0.15) is 0 Å². The number of carbonyl (C=O) groups excluding carboxylic acids is 2. The van der Waals surface area contributed by atoms with E-state index in [2.05, 4.69) is 9.73 Å². The van der Waals surface area contributed by atoms with Crippen LogP contribution in [0.1, 0.15) is 0 Å². The predicted octanol–water partition coefficient (Wildman–Crippen LogP) is 1.51. The number of aliphatic hydroxyl groups is 1. The standard InChI is InChI=1S/C18H15NO7S/c1-25-11-4-6-12(7-5-11)27(23,24)16-15(20)13-8-3-10(18(22)26-2)9-14(13)19-17(16)21/h3-9,13,20H,1-2H3. The van der Waals surface area contributed by atoms with Crippen molar-refractivity contribution >= 4 is 27.4 Å². The first-order valence-electron chi connectivity index (χ1n) is 7.73. The summed E-state index contributed by atoms with van der Waals surface area (Å²) in [5, 5.41) is 10.5. The zero-order chi connectivity index (χ0) is 19.8. The van der Waals surface area contributed by atoms with E-state index in [4.69, 9.17) is 4.74 Å². The van der Waals surface area contributed by atoms with Crippen LogP contribution in [0.25, 0.3) is 0 Å². The average Bonchev–Trinajstić information content (AvgIpc) is 2.66. The van der Waals surface area contributed by atoms with Gasteiger partial charge in [0.2, 0.25) is 9.84 Å². The minimum Gasteiger partial charge on any atom is -0.510 e. The van der Waals surface area contributed by atoms with Gasteiger partial charge in [0.25, 0.3) is 5.91 Å². The molecule has 0 radical (unpaired) electrons. The van der Waals surface area contributed by atoms with Crippen molar-refractivity contribution in [3.05, 3.63) is 58.7 Å². The summed E-state index contributed by atoms with van der Waals surface area (Å²) >= 11 is 0. The summed E-state index contributed by atoms with van der Waals surface area (Å²) in [5.74, 6) is -2.89. The molecule has 1 aliphatic carbocycles. The smallest absolute Gasteiger partial charge is 0.337 e. The third-order valence-corrected chi connectivity index (χ3v) is 5.92. The molecule has 1 unspecified atom stereocenters. The molecule has 2 aliphatic rings. The van der Waals surface area contributed by atoms with Crippen LogP contribution in [-0.2, 0) is 24.2 Å². The van der Waals surface area contributed by atoms with Crippen molar-refractivity contribution in [2.75, 3.05) is 14.2 Å². The number of aliphatic hydroxyl groups excluding tert-OH is 1. The van der Waals surface area contributed by atoms with E-state index in [0.717, 1.165) is 0 Å². The van der Waals surface area contributed by atoms with Gasteiger partial charge in [-0.1, -0.05) is 12.2 Å². The Kier molecular flexibility index (Phi) is 4.71. The van der Waals surface area contributed by atoms with Gasteiger partial charge in [-0.15, -0.1) is 0 Å². The molecule has 1 aliphatic heterocycles. The summed E-state index contributed by atoms with van der Waals surface area (Å²) in [4.78, 5) is 26.8. The van der Waals surface area contributed by atoms with Crippen LogP contribution >= 0.6 is 0 Å². The third kappa shape index (κ3) is 3.17. The highest BCUT2D eigenvalue weighted by atomic mass is 32.2. The molecule has 1 atom stereocenters. The molecule has 27 heavy (non-hydrogen) atoms. The zero-order valence-electron chi connectivity index (χ0n) is 14.4. The maximum atomic E-state index is 12.8. The van der Waals surface area contributed by atoms with Crippen LogP contribution in [0.15, 0.2) is 68.6 Å². The third-order valence-electron chi connectivity index (χ3n) is 4.10. The minimum atomic E-state index is -4.30. The molecule has 9 heteroatoms. The Labute approximate surface area is 155 Å². The molecule has 0 aromatic heterocycles. The Hall–Kier alpha value is -3.20. The van der Waals surface area contributed by atoms with Crippen LogP contribution in [0.3, 0.4) is 0 Å². The Bertz CT molecular complexity index is 1040. The maximum absolute atomic E-state index is 12.8. The SMILES string of the molecule is COC(=O)C1=CC2=NC(=O)C(S(=O)(=O)c3ccc(OC)cc3)=C(O)C2C=C1. The Morgan fingerprint density at radius 1 is 1.19 bits per heavy atom. The Morgan fingerprint density at radius 2 is 1.85 bits per heavy atom. The van der Waals surface area contributed by atoms with E-state index < -0.39 is 38.3 Å². The van der Waals surface area contributed by atoms with Crippen molar-refractivity contribution in [1.82, 2.24) is 0 Å². The van der Waals surface area contributed by atoms with Crippen LogP contribution in [0.2, 0.25) is 0 Å². The number of amides is 1. The van der Waals surface area contributed by atoms with E-state index in [1.807, 2.05) is 0 Å². The zero-order valence-corrected chi connectivity index (χ0v) is 15.2. The van der Waals surface area contributed by atoms with E-state index in [0.29, 0.717) is 5.75 Å². The summed E-state index contributed by atoms with van der Waals surface area (Å²) in [5.41, 5.74) is 0.198. The topological polar surface area (TPSA) is 119 Å². The van der Waals surface area contributed by atoms with Gasteiger partial charge in [0.1, 0.15) is 11.5 Å². The molecule has 1 aromatic rings. The number of ether oxygens (including phenoxy) is 2. The number of carbonyl (C=O) groups is 2. The fourth-order valence-electron chi connectivity index (χ4n) is 2.72. The van der Waals surface area contributed by atoms with Crippen molar-refractivity contribution in [1.29, 1.82) is 0 Å². The van der Waals surface area contributed by atoms with E-state index in [9.17, 15) is 23.1 Å². The highest BCUT2D eigenvalue weighted by molar-refractivity contribution is 7.96. The normalized spacial score (nSPS) is 19.2. The molecule has 1 heterocycles. The Balaban J connectivity index is 2.03. The van der Waals surface area contributed by atoms with Crippen molar-refractivity contribution < 1.29 is 32.6 Å². The summed E-state index contributed by atoms with van der Waals surface area (Å²) in [6.45, 7) is 0. The lowest BCUT2D eigenvalue weighted by Gasteiger charge is -2.23. The fourth-order valence-corrected chi connectivity index (χ4v) is 4.13. The highest BCUT2D eigenvalue weighted by Crippen LogP contribution is 2.33. The summed E-state index contributed by atoms with van der Waals surface area (Å²) in [6, 6.07) is 5.40. The van der Waals surface area contributed by atoms with Crippen LogP contribution in [0, 0.1) is 5.92 Å². The molecule has 0 saturated carbocycles. The van der Waals surface area contributed by atoms with Gasteiger partial charge in [0.05, 0.1) is 36.3 Å². The number of allylic oxidation sites excluding steroid dienone is 2. The molecule has 0 spiro atoms. The number of aliphatic imine (C=N–C) groups is 1. The molecule has 0 saturated heterocycles. The van der Waals surface area contributed by atoms with Gasteiger partial charge in [-0.05, 0) is 30.3 Å². The summed E-state index contributed by atoms with van der Waals surface area (Å²) in [7, 11) is -1.66. The monoisotopic (exact) mass is 389 g/mol. The number of sulfone groups is 1. The molecular weight excluding hydrogens is 374 g/mol. The Morgan fingerprint density at radius 3 is 2.44 bits per heavy atom. The number of hydrogen-bond acceptors (Lipinski definition) is 7. The molecule has 1 aromatic carbocycles. The van der Waals surface area contributed by atoms with Gasteiger partial charge in [-0.25, -0.2) is 18.2 Å². The number of rotatable bonds is 4. The number of esters is 1. The van der Waals surface area contributed by atoms with Crippen molar-refractivity contribution in [2.24, 2.45) is 10.9 Å². The molecule has 8 nitrogen and oxygen atoms in total. The van der Waals surface area contributed by atoms with Gasteiger partial charge in [0.15, 0.2) is 4.91 Å². The number of methoxy groups -OCH3 is 2. The number of hydrogen-bond donors (Lipinski definition) is 1. The summed E-state index contributed by atoms with van der Waals surface area (Å²) < 4.78 is 35.3. The van der Waals surface area contributed by atoms with Crippen molar-refractivity contribution in [3.8, 4) is 5.75 Å². The van der Waals surface area contributed by atoms with Gasteiger partial charge in [0, 0.05) is 0 Å². The second kappa shape index (κ2) is 6.84. The van der Waals surface area contributed by atoms with Crippen LogP contribution < -0.4 is 4.74 Å². The molecular formula is C18H15NO7S. The lowest BCUT2D eigenvalue weighted by Crippen LogP contribution is -2.29. The average molecular weight is 389 g/mol. The lowest BCUT2D eigenvalue weighted by molar-refractivity contribution is -0.135. The van der Waals surface area contributed by atoms with E-state index >= 15 is 0 Å². The number of dihydropyridines is 1. The second-order valence-electron chi connectivity index (χ2n) is 5.66. The van der Waals surface area contributed by atoms with Crippen molar-refractivity contribution in [2.45, 2.75) is 4.90 Å². The van der Waals surface area contributed by atoms with Crippen LogP contribution in [0.5, 0.6) is 5.75 Å². The highest BCUT2D eigenvalue weighted by Gasteiger charge is 2.39. The van der Waals surface area contributed by atoms with Gasteiger partial charge < -0.3 is 14.6 Å². The first kappa shape index (κ1) is 18.6. The second-order valence-corrected chi connectivity index (χ2v) is 7.55. The van der Waals surface area contributed by atoms with E-state index in [1.54, 1.807) is 0 Å². The summed E-state index contributed by atoms with van der Waals surface area (Å²) in [6.07, 6.45) is 4.04. The molecule has 1 N–H and O–H groups in total. The predicted molar refractivity (Wildman–Crippen MR) is 95.0 cm³/mol. The van der Waals surface area contributed by atoms with Crippen LogP contribution in [0.4, 0.5) is 0 Å². The van der Waals surface area contributed by atoms with Crippen molar-refractivity contribution in [3.63, 3.8) is 0 Å². The number of nitrogens with zero attached hydrogens (tertiary/aromatic N) is 1. The van der Waals surface area contributed by atoms with Gasteiger partial charge in [-0.3, -0.25) is 4.79 Å². The first-order valence-corrected chi connectivity index (χ1v) is 9.21. The molecule has 0 fully saturated rings. The first-order chi connectivity index (χ1) is 12.8. The fraction of sp³-hybridized carbons (Fsp3) is 0.167. The maximum Gasteiger partial charge on any atom is 0.337 e. The number of fused-ring (bicyclic) bond motifs is 1. The van der Waals surface area contributed by atoms with Gasteiger partial charge >= 0.3 is 5.97 Å². The molecule has 3 rings (SSSR count). The number of benzene rings is 1. The van der Waals surface area contributed by atoms with E-state index in [1.165, 1.54) is 56.7 Å². The largest absolute Gasteiger partial charge is 0.510 e. The molecule has 0 bridgehead atoms. The molecule has 1 amide bonds. The molecule has 140 valence electrons. The van der Waals surface area contributed by atoms with Crippen LogP contribution in [-0.4, -0.2) is 45.3 Å². The quantitative estimate of drug-likeness (QED) is 0.775. The minimum absolute atomic E-state index is 0.0640. The van der Waals surface area contributed by atoms with E-state index in [-0.39, 0.29) is 16.2 Å².